The topological polar surface area (TPSA) is 66.5 Å². The molecule has 1 fully saturated rings. The Morgan fingerprint density at radius 2 is 1.67 bits per heavy atom. The van der Waals surface area contributed by atoms with Crippen molar-refractivity contribution in [2.45, 2.75) is 65.8 Å². The fourth-order valence-corrected chi connectivity index (χ4v) is 2.43. The van der Waals surface area contributed by atoms with Crippen LogP contribution in [0.25, 0.3) is 0 Å². The molecule has 1 N–H and O–H groups in total. The molecular weight excluding hydrogens is 268 g/mol. The Balaban J connectivity index is 2.30. The van der Waals surface area contributed by atoms with Crippen molar-refractivity contribution in [1.82, 2.24) is 10.2 Å². The van der Waals surface area contributed by atoms with Gasteiger partial charge < -0.3 is 15.0 Å². The number of likely N-dealkylation sites (tertiary alicyclic amines) is 1. The Morgan fingerprint density at radius 3 is 2.14 bits per heavy atom. The van der Waals surface area contributed by atoms with Gasteiger partial charge in [0.2, 0.25) is 11.8 Å². The van der Waals surface area contributed by atoms with E-state index in [4.69, 9.17) is 0 Å². The van der Waals surface area contributed by atoms with Crippen molar-refractivity contribution in [3.63, 3.8) is 0 Å². The minimum atomic E-state index is -0.0651. The summed E-state index contributed by atoms with van der Waals surface area (Å²) in [5, 5.41) is 2.95. The molecular formula is C16H28N2O3. The van der Waals surface area contributed by atoms with Gasteiger partial charge in [0.05, 0.1) is 0 Å². The summed E-state index contributed by atoms with van der Waals surface area (Å²) in [5.41, 5.74) is 0.00877. The SMILES string of the molecule is CC(=O)CCC(=O)NC1CCN(C(=O)CC(C)(C)C)CC1. The number of hydrogen-bond acceptors (Lipinski definition) is 3. The molecule has 0 unspecified atom stereocenters. The van der Waals surface area contributed by atoms with Crippen LogP contribution in [0, 0.1) is 5.41 Å². The van der Waals surface area contributed by atoms with Crippen LogP contribution in [-0.4, -0.2) is 41.6 Å². The number of ketones is 1. The van der Waals surface area contributed by atoms with E-state index in [1.54, 1.807) is 0 Å². The van der Waals surface area contributed by atoms with Crippen LogP contribution in [0.1, 0.15) is 59.8 Å². The van der Waals surface area contributed by atoms with Crippen molar-refractivity contribution in [1.29, 1.82) is 0 Å². The maximum absolute atomic E-state index is 12.1. The number of piperidine rings is 1. The lowest BCUT2D eigenvalue weighted by atomic mass is 9.91. The molecule has 1 heterocycles. The van der Waals surface area contributed by atoms with Gasteiger partial charge in [0.1, 0.15) is 5.78 Å². The summed E-state index contributed by atoms with van der Waals surface area (Å²) in [7, 11) is 0. The van der Waals surface area contributed by atoms with Crippen molar-refractivity contribution in [3.8, 4) is 0 Å². The van der Waals surface area contributed by atoms with Crippen molar-refractivity contribution < 1.29 is 14.4 Å². The van der Waals surface area contributed by atoms with Gasteiger partial charge in [0, 0.05) is 38.4 Å². The largest absolute Gasteiger partial charge is 0.353 e. The van der Waals surface area contributed by atoms with E-state index >= 15 is 0 Å². The molecule has 21 heavy (non-hydrogen) atoms. The third kappa shape index (κ3) is 7.25. The molecule has 0 saturated carbocycles. The number of nitrogens with zero attached hydrogens (tertiary/aromatic N) is 1. The monoisotopic (exact) mass is 296 g/mol. The molecule has 0 atom stereocenters. The van der Waals surface area contributed by atoms with E-state index in [1.165, 1.54) is 6.92 Å². The van der Waals surface area contributed by atoms with Crippen molar-refractivity contribution >= 4 is 17.6 Å². The van der Waals surface area contributed by atoms with Gasteiger partial charge >= 0.3 is 0 Å². The summed E-state index contributed by atoms with van der Waals surface area (Å²) in [6, 6.07) is 0.128. The van der Waals surface area contributed by atoms with Crippen LogP contribution < -0.4 is 5.32 Å². The second-order valence-electron chi connectivity index (χ2n) is 7.16. The summed E-state index contributed by atoms with van der Waals surface area (Å²) in [5.74, 6) is 0.168. The van der Waals surface area contributed by atoms with Gasteiger partial charge in [0.25, 0.3) is 0 Å². The standard InChI is InChI=1S/C16H28N2O3/c1-12(19)5-6-14(20)17-13-7-9-18(10-8-13)15(21)11-16(2,3)4/h13H,5-11H2,1-4H3,(H,17,20). The lowest BCUT2D eigenvalue weighted by molar-refractivity contribution is -0.134. The van der Waals surface area contributed by atoms with Gasteiger partial charge in [0.15, 0.2) is 0 Å². The highest BCUT2D eigenvalue weighted by Gasteiger charge is 2.26. The van der Waals surface area contributed by atoms with Gasteiger partial charge in [-0.3, -0.25) is 9.59 Å². The zero-order valence-corrected chi connectivity index (χ0v) is 13.7. The Hall–Kier alpha value is -1.39. The first-order valence-electron chi connectivity index (χ1n) is 7.74. The molecule has 0 bridgehead atoms. The molecule has 120 valence electrons. The molecule has 5 nitrogen and oxygen atoms in total. The maximum Gasteiger partial charge on any atom is 0.223 e. The second-order valence-corrected chi connectivity index (χ2v) is 7.16. The van der Waals surface area contributed by atoms with E-state index in [0.717, 1.165) is 12.8 Å². The molecule has 0 radical (unpaired) electrons. The number of rotatable bonds is 5. The van der Waals surface area contributed by atoms with Crippen LogP contribution in [-0.2, 0) is 14.4 Å². The van der Waals surface area contributed by atoms with Crippen molar-refractivity contribution in [3.05, 3.63) is 0 Å². The van der Waals surface area contributed by atoms with Crippen molar-refractivity contribution in [2.24, 2.45) is 5.41 Å². The molecule has 1 aliphatic rings. The van der Waals surface area contributed by atoms with Crippen LogP contribution in [0.15, 0.2) is 0 Å². The average molecular weight is 296 g/mol. The normalized spacial score (nSPS) is 16.7. The number of hydrogen-bond donors (Lipinski definition) is 1. The first kappa shape index (κ1) is 17.7. The smallest absolute Gasteiger partial charge is 0.223 e. The second kappa shape index (κ2) is 7.57. The first-order valence-corrected chi connectivity index (χ1v) is 7.74. The van der Waals surface area contributed by atoms with Crippen LogP contribution >= 0.6 is 0 Å². The fourth-order valence-electron chi connectivity index (χ4n) is 2.43. The molecule has 2 amide bonds. The third-order valence-corrected chi connectivity index (χ3v) is 3.60. The summed E-state index contributed by atoms with van der Waals surface area (Å²) < 4.78 is 0. The average Bonchev–Trinajstić information content (AvgIpc) is 2.35. The zero-order chi connectivity index (χ0) is 16.0. The molecule has 0 aromatic rings. The number of carbonyl (C=O) groups is 3. The molecule has 1 rings (SSSR count). The van der Waals surface area contributed by atoms with E-state index < -0.39 is 0 Å². The van der Waals surface area contributed by atoms with E-state index in [9.17, 15) is 14.4 Å². The molecule has 5 heteroatoms. The van der Waals surface area contributed by atoms with E-state index in [2.05, 4.69) is 26.1 Å². The Labute approximate surface area is 127 Å². The van der Waals surface area contributed by atoms with Crippen LogP contribution in [0.3, 0.4) is 0 Å². The molecule has 0 aliphatic carbocycles. The van der Waals surface area contributed by atoms with Gasteiger partial charge in [-0.05, 0) is 25.2 Å². The Morgan fingerprint density at radius 1 is 1.10 bits per heavy atom. The summed E-state index contributed by atoms with van der Waals surface area (Å²) >= 11 is 0. The number of amides is 2. The molecule has 0 spiro atoms. The van der Waals surface area contributed by atoms with E-state index in [-0.39, 0.29) is 35.5 Å². The minimum Gasteiger partial charge on any atom is -0.353 e. The molecule has 0 aromatic carbocycles. The van der Waals surface area contributed by atoms with Crippen LogP contribution in [0.5, 0.6) is 0 Å². The summed E-state index contributed by atoms with van der Waals surface area (Å²) in [4.78, 5) is 36.5. The lowest BCUT2D eigenvalue weighted by Crippen LogP contribution is -2.47. The molecule has 1 aliphatic heterocycles. The van der Waals surface area contributed by atoms with Gasteiger partial charge in [-0.1, -0.05) is 20.8 Å². The molecule has 0 aromatic heterocycles. The van der Waals surface area contributed by atoms with E-state index in [1.807, 2.05) is 4.90 Å². The number of carbonyl (C=O) groups excluding carboxylic acids is 3. The number of Topliss-reactive ketones (excluding diaryl/α,β-unsaturated/α-hetero) is 1. The van der Waals surface area contributed by atoms with Crippen LogP contribution in [0.4, 0.5) is 0 Å². The highest BCUT2D eigenvalue weighted by molar-refractivity contribution is 5.83. The lowest BCUT2D eigenvalue weighted by Gasteiger charge is -2.34. The van der Waals surface area contributed by atoms with Gasteiger partial charge in [-0.15, -0.1) is 0 Å². The highest BCUT2D eigenvalue weighted by atomic mass is 16.2. The maximum atomic E-state index is 12.1. The van der Waals surface area contributed by atoms with Crippen LogP contribution in [0.2, 0.25) is 0 Å². The van der Waals surface area contributed by atoms with E-state index in [0.29, 0.717) is 25.9 Å². The van der Waals surface area contributed by atoms with Crippen molar-refractivity contribution in [2.75, 3.05) is 13.1 Å². The van der Waals surface area contributed by atoms with Gasteiger partial charge in [-0.25, -0.2) is 0 Å². The molecule has 1 saturated heterocycles. The first-order chi connectivity index (χ1) is 9.67. The predicted octanol–water partition coefficient (Wildman–Crippen LogP) is 1.90. The zero-order valence-electron chi connectivity index (χ0n) is 13.7. The summed E-state index contributed by atoms with van der Waals surface area (Å²) in [6.45, 7) is 9.08. The minimum absolute atomic E-state index is 0.00877. The Bertz CT molecular complexity index is 391. The Kier molecular flexibility index (Phi) is 6.37. The predicted molar refractivity (Wildman–Crippen MR) is 81.7 cm³/mol. The summed E-state index contributed by atoms with van der Waals surface area (Å²) in [6.07, 6.45) is 2.71. The van der Waals surface area contributed by atoms with Gasteiger partial charge in [-0.2, -0.15) is 0 Å². The third-order valence-electron chi connectivity index (χ3n) is 3.60. The highest BCUT2D eigenvalue weighted by Crippen LogP contribution is 2.21. The number of nitrogens with one attached hydrogen (secondary N) is 1. The fraction of sp³-hybridized carbons (Fsp3) is 0.812. The quantitative estimate of drug-likeness (QED) is 0.842.